The molecular weight excluding hydrogens is 505 g/mol. The van der Waals surface area contributed by atoms with E-state index in [1.807, 2.05) is 17.0 Å². The lowest BCUT2D eigenvalue weighted by atomic mass is 9.89. The molecule has 0 saturated carbocycles. The molecule has 0 unspecified atom stereocenters. The monoisotopic (exact) mass is 540 g/mol. The third-order valence-electron chi connectivity index (χ3n) is 7.13. The summed E-state index contributed by atoms with van der Waals surface area (Å²) in [5.74, 6) is 1.18. The summed E-state index contributed by atoms with van der Waals surface area (Å²) >= 11 is 5.91. The summed E-state index contributed by atoms with van der Waals surface area (Å²) in [6.07, 6.45) is 6.56. The summed E-state index contributed by atoms with van der Waals surface area (Å²) in [6.45, 7) is 3.57. The molecule has 1 atom stereocenters. The minimum atomic E-state index is -4.26. The number of anilines is 1. The first-order valence-corrected chi connectivity index (χ1v) is 13.6. The number of hydrogen-bond donors (Lipinski definition) is 0. The maximum atomic E-state index is 12.9. The summed E-state index contributed by atoms with van der Waals surface area (Å²) in [4.78, 5) is 17.5. The van der Waals surface area contributed by atoms with Gasteiger partial charge in [-0.25, -0.2) is 0 Å². The maximum absolute atomic E-state index is 12.9. The van der Waals surface area contributed by atoms with Crippen LogP contribution in [0.2, 0.25) is 5.02 Å². The normalized spacial score (nSPS) is 19.2. The number of likely N-dealkylation sites (tertiary alicyclic amines) is 1. The highest BCUT2D eigenvalue weighted by Gasteiger charge is 2.29. The Hall–Kier alpha value is -1.86. The van der Waals surface area contributed by atoms with Gasteiger partial charge >= 0.3 is 5.51 Å². The molecule has 0 radical (unpaired) electrons. The van der Waals surface area contributed by atoms with E-state index in [1.54, 1.807) is 12.1 Å². The number of carbonyl (C=O) groups is 1. The highest BCUT2D eigenvalue weighted by molar-refractivity contribution is 8.00. The van der Waals surface area contributed by atoms with Crippen molar-refractivity contribution < 1.29 is 18.0 Å². The Bertz CT molecular complexity index is 960. The van der Waals surface area contributed by atoms with Gasteiger partial charge in [0.15, 0.2) is 0 Å². The fraction of sp³-hybridized carbons (Fsp3) is 0.536. The van der Waals surface area contributed by atoms with Gasteiger partial charge in [0.05, 0.1) is 0 Å². The van der Waals surface area contributed by atoms with Crippen LogP contribution >= 0.6 is 23.4 Å². The quantitative estimate of drug-likeness (QED) is 0.332. The van der Waals surface area contributed by atoms with Crippen LogP contribution < -0.4 is 4.90 Å². The zero-order chi connectivity index (χ0) is 24.8. The fourth-order valence-electron chi connectivity index (χ4n) is 5.24. The van der Waals surface area contributed by atoms with Crippen LogP contribution in [0.1, 0.15) is 51.5 Å². The molecular formula is C28H36ClF3N2OS. The number of thioether (sulfide) groups is 1. The molecule has 0 aromatic heterocycles. The molecule has 2 aromatic carbocycles. The van der Waals surface area contributed by atoms with E-state index in [0.29, 0.717) is 18.3 Å². The summed E-state index contributed by atoms with van der Waals surface area (Å²) in [7, 11) is 0. The van der Waals surface area contributed by atoms with E-state index in [2.05, 4.69) is 17.0 Å². The van der Waals surface area contributed by atoms with E-state index in [0.717, 1.165) is 75.3 Å². The highest BCUT2D eigenvalue weighted by Crippen LogP contribution is 2.37. The molecule has 3 nitrogen and oxygen atoms in total. The van der Waals surface area contributed by atoms with Crippen LogP contribution in [0.25, 0.3) is 0 Å². The number of rotatable bonds is 7. The average molecular weight is 541 g/mol. The molecule has 0 aliphatic carbocycles. The summed E-state index contributed by atoms with van der Waals surface area (Å²) in [5.41, 5.74) is -2.03. The lowest BCUT2D eigenvalue weighted by molar-refractivity contribution is -0.133. The van der Waals surface area contributed by atoms with Gasteiger partial charge in [-0.15, -0.1) is 0 Å². The van der Waals surface area contributed by atoms with Crippen LogP contribution in [-0.2, 0) is 11.2 Å². The van der Waals surface area contributed by atoms with Crippen LogP contribution in [0.3, 0.4) is 0 Å². The van der Waals surface area contributed by atoms with Gasteiger partial charge in [0, 0.05) is 48.2 Å². The van der Waals surface area contributed by atoms with Crippen molar-refractivity contribution in [2.45, 2.75) is 62.8 Å². The van der Waals surface area contributed by atoms with Gasteiger partial charge < -0.3 is 9.80 Å². The molecule has 2 aliphatic rings. The van der Waals surface area contributed by atoms with Gasteiger partial charge in [0.1, 0.15) is 0 Å². The SMILES string of the molecule is C.O=C(CCC1CCN(c2ccc(Cl)cc2)CC1)N1CCC[C@H](Cc2ccc(SC(F)(F)F)cc2)C1. The summed E-state index contributed by atoms with van der Waals surface area (Å²) in [5, 5.41) is 0.750. The number of hydrogen-bond acceptors (Lipinski definition) is 3. The Morgan fingerprint density at radius 3 is 2.25 bits per heavy atom. The molecule has 0 bridgehead atoms. The number of amides is 1. The molecule has 0 N–H and O–H groups in total. The van der Waals surface area contributed by atoms with Gasteiger partial charge in [-0.3, -0.25) is 4.79 Å². The molecule has 2 saturated heterocycles. The summed E-state index contributed by atoms with van der Waals surface area (Å²) in [6, 6.07) is 14.6. The minimum absolute atomic E-state index is 0. The predicted molar refractivity (Wildman–Crippen MR) is 144 cm³/mol. The zero-order valence-electron chi connectivity index (χ0n) is 19.8. The third-order valence-corrected chi connectivity index (χ3v) is 8.12. The topological polar surface area (TPSA) is 23.6 Å². The van der Waals surface area contributed by atoms with Gasteiger partial charge in [0.2, 0.25) is 5.91 Å². The van der Waals surface area contributed by atoms with Gasteiger partial charge in [-0.05, 0) is 104 Å². The van der Waals surface area contributed by atoms with Gasteiger partial charge in [-0.1, -0.05) is 31.2 Å². The van der Waals surface area contributed by atoms with Crippen LogP contribution in [0.5, 0.6) is 0 Å². The Labute approximate surface area is 222 Å². The second kappa shape index (κ2) is 13.1. The van der Waals surface area contributed by atoms with E-state index in [1.165, 1.54) is 17.8 Å². The molecule has 2 heterocycles. The van der Waals surface area contributed by atoms with Gasteiger partial charge in [-0.2, -0.15) is 13.2 Å². The summed E-state index contributed by atoms with van der Waals surface area (Å²) < 4.78 is 37.6. The van der Waals surface area contributed by atoms with Crippen molar-refractivity contribution in [3.63, 3.8) is 0 Å². The molecule has 2 aliphatic heterocycles. The molecule has 2 fully saturated rings. The lowest BCUT2D eigenvalue weighted by Crippen LogP contribution is -2.41. The Morgan fingerprint density at radius 1 is 0.944 bits per heavy atom. The van der Waals surface area contributed by atoms with E-state index < -0.39 is 5.51 Å². The number of carbonyl (C=O) groups excluding carboxylic acids is 1. The minimum Gasteiger partial charge on any atom is -0.372 e. The van der Waals surface area contributed by atoms with Crippen LogP contribution in [-0.4, -0.2) is 42.5 Å². The number of nitrogens with zero attached hydrogens (tertiary/aromatic N) is 2. The fourth-order valence-corrected chi connectivity index (χ4v) is 5.90. The first kappa shape index (κ1) is 28.7. The number of halogens is 4. The Morgan fingerprint density at radius 2 is 1.61 bits per heavy atom. The molecule has 198 valence electrons. The Kier molecular flexibility index (Phi) is 10.4. The number of alkyl halides is 3. The second-order valence-corrected chi connectivity index (χ2v) is 11.3. The van der Waals surface area contributed by atoms with Crippen molar-refractivity contribution in [3.8, 4) is 0 Å². The second-order valence-electron chi connectivity index (χ2n) is 9.69. The van der Waals surface area contributed by atoms with Crippen molar-refractivity contribution in [3.05, 3.63) is 59.1 Å². The van der Waals surface area contributed by atoms with Crippen molar-refractivity contribution in [2.75, 3.05) is 31.1 Å². The van der Waals surface area contributed by atoms with Crippen LogP contribution in [0, 0.1) is 11.8 Å². The third kappa shape index (κ3) is 8.62. The van der Waals surface area contributed by atoms with Crippen molar-refractivity contribution in [1.82, 2.24) is 4.90 Å². The van der Waals surface area contributed by atoms with E-state index >= 15 is 0 Å². The van der Waals surface area contributed by atoms with E-state index in [4.69, 9.17) is 11.6 Å². The van der Waals surface area contributed by atoms with E-state index in [-0.39, 0.29) is 30.0 Å². The molecule has 0 spiro atoms. The van der Waals surface area contributed by atoms with Crippen LogP contribution in [0.4, 0.5) is 18.9 Å². The molecule has 4 rings (SSSR count). The molecule has 8 heteroatoms. The molecule has 2 aromatic rings. The number of piperidine rings is 2. The van der Waals surface area contributed by atoms with Gasteiger partial charge in [0.25, 0.3) is 0 Å². The number of benzene rings is 2. The first-order valence-electron chi connectivity index (χ1n) is 12.4. The largest absolute Gasteiger partial charge is 0.446 e. The Balaban J connectivity index is 0.00000361. The standard InChI is InChI=1S/C27H32ClF3N2OS.CH4/c28-23-6-8-24(9-7-23)32-16-13-20(14-17-32)5-12-26(34)33-15-1-2-22(19-33)18-21-3-10-25(11-4-21)35-27(29,30)31;/h3-4,6-11,20,22H,1-2,5,12-19H2;1H4/t22-;/m1./s1. The predicted octanol–water partition coefficient (Wildman–Crippen LogP) is 8.07. The zero-order valence-corrected chi connectivity index (χ0v) is 21.3. The van der Waals surface area contributed by atoms with Crippen LogP contribution in [0.15, 0.2) is 53.4 Å². The maximum Gasteiger partial charge on any atom is 0.446 e. The lowest BCUT2D eigenvalue weighted by Gasteiger charge is -2.35. The first-order chi connectivity index (χ1) is 16.7. The smallest absolute Gasteiger partial charge is 0.372 e. The molecule has 36 heavy (non-hydrogen) atoms. The van der Waals surface area contributed by atoms with Crippen molar-refractivity contribution >= 4 is 35.0 Å². The van der Waals surface area contributed by atoms with Crippen molar-refractivity contribution in [1.29, 1.82) is 0 Å². The average Bonchev–Trinajstić information content (AvgIpc) is 2.84. The van der Waals surface area contributed by atoms with Crippen molar-refractivity contribution in [2.24, 2.45) is 11.8 Å². The molecule has 1 amide bonds. The van der Waals surface area contributed by atoms with E-state index in [9.17, 15) is 18.0 Å². The highest BCUT2D eigenvalue weighted by atomic mass is 35.5.